The number of piperidine rings is 1. The number of alkyl halides is 3. The molecule has 1 fully saturated rings. The van der Waals surface area contributed by atoms with Crippen LogP contribution in [0.5, 0.6) is 0 Å². The first-order valence-electron chi connectivity index (χ1n) is 10.5. The summed E-state index contributed by atoms with van der Waals surface area (Å²) in [5.41, 5.74) is 2.08. The number of hydrogen-bond acceptors (Lipinski definition) is 4. The van der Waals surface area contributed by atoms with Crippen LogP contribution in [0.3, 0.4) is 0 Å². The highest BCUT2D eigenvalue weighted by molar-refractivity contribution is 5.88. The molecule has 3 heterocycles. The zero-order valence-corrected chi connectivity index (χ0v) is 18.6. The number of halogens is 3. The van der Waals surface area contributed by atoms with Crippen LogP contribution >= 0.6 is 0 Å². The van der Waals surface area contributed by atoms with Gasteiger partial charge in [-0.25, -0.2) is 4.98 Å². The predicted molar refractivity (Wildman–Crippen MR) is 118 cm³/mol. The fourth-order valence-electron chi connectivity index (χ4n) is 3.69. The first-order chi connectivity index (χ1) is 15.0. The summed E-state index contributed by atoms with van der Waals surface area (Å²) in [5, 5.41) is 2.63. The maximum absolute atomic E-state index is 12.7. The van der Waals surface area contributed by atoms with Crippen molar-refractivity contribution in [3.8, 4) is 0 Å². The lowest BCUT2D eigenvalue weighted by Crippen LogP contribution is -2.33. The van der Waals surface area contributed by atoms with Gasteiger partial charge >= 0.3 is 6.18 Å². The van der Waals surface area contributed by atoms with E-state index in [1.165, 1.54) is 13.0 Å². The first-order valence-corrected chi connectivity index (χ1v) is 10.5. The van der Waals surface area contributed by atoms with Gasteiger partial charge in [0.1, 0.15) is 5.82 Å². The fraction of sp³-hybridized carbons (Fsp3) is 0.435. The van der Waals surface area contributed by atoms with Crippen molar-refractivity contribution in [3.05, 3.63) is 53.6 Å². The average molecular weight is 448 g/mol. The number of nitrogens with one attached hydrogen (secondary N) is 2. The molecule has 1 saturated heterocycles. The monoisotopic (exact) mass is 447 g/mol. The van der Waals surface area contributed by atoms with Crippen LogP contribution in [0.1, 0.15) is 49.8 Å². The minimum atomic E-state index is -4.32. The second kappa shape index (κ2) is 9.68. The number of aromatic amines is 1. The Morgan fingerprint density at radius 3 is 2.62 bits per heavy atom. The van der Waals surface area contributed by atoms with Crippen molar-refractivity contribution in [2.75, 3.05) is 18.9 Å². The molecule has 1 unspecified atom stereocenters. The van der Waals surface area contributed by atoms with Crippen LogP contribution in [0, 0.1) is 12.8 Å². The molecular weight excluding hydrogens is 419 g/mol. The van der Waals surface area contributed by atoms with Gasteiger partial charge in [0.2, 0.25) is 5.91 Å². The summed E-state index contributed by atoms with van der Waals surface area (Å²) in [4.78, 5) is 24.3. The molecule has 2 N–H and O–H groups in total. The Hall–Kier alpha value is -2.94. The molecule has 3 aromatic rings. The maximum atomic E-state index is 12.7. The molecule has 6 nitrogen and oxygen atoms in total. The normalized spacial score (nSPS) is 19.3. The lowest BCUT2D eigenvalue weighted by Gasteiger charge is -2.34. The van der Waals surface area contributed by atoms with E-state index in [0.29, 0.717) is 17.0 Å². The number of fused-ring (bicyclic) bond motifs is 1. The quantitative estimate of drug-likeness (QED) is 0.557. The molecule has 1 amide bonds. The lowest BCUT2D eigenvalue weighted by molar-refractivity contribution is -0.137. The summed E-state index contributed by atoms with van der Waals surface area (Å²) in [6.07, 6.45) is -0.569. The van der Waals surface area contributed by atoms with Crippen LogP contribution in [-0.4, -0.2) is 39.4 Å². The van der Waals surface area contributed by atoms with E-state index in [9.17, 15) is 18.0 Å². The second-order valence-electron chi connectivity index (χ2n) is 8.35. The summed E-state index contributed by atoms with van der Waals surface area (Å²) in [5.74, 6) is 1.29. The highest BCUT2D eigenvalue weighted by atomic mass is 19.4. The number of H-pyrrole nitrogens is 1. The zero-order valence-electron chi connectivity index (χ0n) is 18.6. The number of nitrogens with zero attached hydrogens (tertiary/aromatic N) is 3. The van der Waals surface area contributed by atoms with Gasteiger partial charge in [-0.1, -0.05) is 6.92 Å². The van der Waals surface area contributed by atoms with Crippen molar-refractivity contribution in [2.24, 2.45) is 5.92 Å². The number of imidazole rings is 1. The Bertz CT molecular complexity index is 1060. The van der Waals surface area contributed by atoms with Crippen molar-refractivity contribution in [2.45, 2.75) is 45.8 Å². The molecule has 4 rings (SSSR count). The van der Waals surface area contributed by atoms with Crippen LogP contribution < -0.4 is 5.32 Å². The molecule has 1 aromatic carbocycles. The Kier molecular flexibility index (Phi) is 7.18. The van der Waals surface area contributed by atoms with Crippen molar-refractivity contribution >= 4 is 22.6 Å². The molecule has 0 aliphatic carbocycles. The van der Waals surface area contributed by atoms with Crippen molar-refractivity contribution in [1.29, 1.82) is 0 Å². The van der Waals surface area contributed by atoms with Gasteiger partial charge in [0.05, 0.1) is 34.5 Å². The van der Waals surface area contributed by atoms with Gasteiger partial charge in [-0.2, -0.15) is 13.2 Å². The predicted octanol–water partition coefficient (Wildman–Crippen LogP) is 5.33. The number of aromatic nitrogens is 3. The van der Waals surface area contributed by atoms with E-state index in [1.807, 2.05) is 26.1 Å². The van der Waals surface area contributed by atoms with E-state index in [2.05, 4.69) is 32.1 Å². The lowest BCUT2D eigenvalue weighted by atomic mass is 9.92. The zero-order chi connectivity index (χ0) is 23.5. The molecule has 172 valence electrons. The summed E-state index contributed by atoms with van der Waals surface area (Å²) in [6.45, 7) is 6.55. The number of benzene rings is 1. The third-order valence-electron chi connectivity index (χ3n) is 5.51. The second-order valence-corrected chi connectivity index (χ2v) is 8.35. The van der Waals surface area contributed by atoms with E-state index in [4.69, 9.17) is 0 Å². The molecule has 2 aromatic heterocycles. The van der Waals surface area contributed by atoms with Crippen LogP contribution in [0.25, 0.3) is 11.0 Å². The van der Waals surface area contributed by atoms with Gasteiger partial charge in [-0.05, 0) is 69.6 Å². The number of pyridine rings is 1. The molecule has 2 atom stereocenters. The Morgan fingerprint density at radius 1 is 1.25 bits per heavy atom. The number of anilines is 1. The number of carbonyl (C=O) groups is 1. The van der Waals surface area contributed by atoms with Crippen molar-refractivity contribution in [3.63, 3.8) is 0 Å². The largest absolute Gasteiger partial charge is 0.416 e. The maximum Gasteiger partial charge on any atom is 0.416 e. The van der Waals surface area contributed by atoms with Crippen LogP contribution in [-0.2, 0) is 11.0 Å². The first kappa shape index (κ1) is 23.7. The highest BCUT2D eigenvalue weighted by Gasteiger charge is 2.31. The van der Waals surface area contributed by atoms with E-state index >= 15 is 0 Å². The molecule has 9 heteroatoms. The van der Waals surface area contributed by atoms with Crippen molar-refractivity contribution in [1.82, 2.24) is 19.9 Å². The fourth-order valence-corrected chi connectivity index (χ4v) is 3.69. The minimum Gasteiger partial charge on any atom is -0.341 e. The standard InChI is InChI=1S/C15H18F3N3.C8H10N2O/c1-9-5-6-21(2)13(7-9)14-19-11-4-3-10(15(16,17)18)8-12(11)20-14;1-6-3-4-8(5-9-6)10-7(2)11/h3-4,8-9,13H,5-7H2,1-2H3,(H,19,20);3-5H,1-2H3,(H,10,11)/t9?,13-;/m1./s1. The average Bonchev–Trinajstić information content (AvgIpc) is 3.14. The third kappa shape index (κ3) is 6.06. The number of carbonyl (C=O) groups excluding carboxylic acids is 1. The molecule has 1 aliphatic heterocycles. The highest BCUT2D eigenvalue weighted by Crippen LogP contribution is 2.34. The third-order valence-corrected chi connectivity index (χ3v) is 5.51. The molecule has 0 radical (unpaired) electrons. The van der Waals surface area contributed by atoms with Gasteiger partial charge in [0.25, 0.3) is 0 Å². The van der Waals surface area contributed by atoms with Gasteiger partial charge in [0.15, 0.2) is 0 Å². The van der Waals surface area contributed by atoms with Gasteiger partial charge in [-0.3, -0.25) is 14.7 Å². The van der Waals surface area contributed by atoms with E-state index in [1.54, 1.807) is 6.20 Å². The van der Waals surface area contributed by atoms with Gasteiger partial charge < -0.3 is 10.3 Å². The Morgan fingerprint density at radius 2 is 2.00 bits per heavy atom. The number of hydrogen-bond donors (Lipinski definition) is 2. The van der Waals surface area contributed by atoms with E-state index < -0.39 is 11.7 Å². The topological polar surface area (TPSA) is 73.9 Å². The van der Waals surface area contributed by atoms with E-state index in [0.717, 1.165) is 48.7 Å². The number of rotatable bonds is 2. The molecule has 0 saturated carbocycles. The molecular formula is C23H28F3N5O. The number of amides is 1. The van der Waals surface area contributed by atoms with Gasteiger partial charge in [0, 0.05) is 12.6 Å². The molecule has 0 spiro atoms. The Balaban J connectivity index is 0.000000222. The number of aryl methyl sites for hydroxylation is 1. The van der Waals surface area contributed by atoms with Crippen molar-refractivity contribution < 1.29 is 18.0 Å². The smallest absolute Gasteiger partial charge is 0.341 e. The SMILES string of the molecule is CC(=O)Nc1ccc(C)nc1.CC1CCN(C)[C@@H](c2nc3ccc(C(F)(F)F)cc3[nH]2)C1. The minimum absolute atomic E-state index is 0.0735. The molecule has 0 bridgehead atoms. The molecule has 1 aliphatic rings. The van der Waals surface area contributed by atoms with Crippen LogP contribution in [0.15, 0.2) is 36.5 Å². The number of likely N-dealkylation sites (tertiary alicyclic amines) is 1. The summed E-state index contributed by atoms with van der Waals surface area (Å²) < 4.78 is 38.2. The Labute approximate surface area is 185 Å². The summed E-state index contributed by atoms with van der Waals surface area (Å²) >= 11 is 0. The van der Waals surface area contributed by atoms with Crippen LogP contribution in [0.2, 0.25) is 0 Å². The van der Waals surface area contributed by atoms with Crippen LogP contribution in [0.4, 0.5) is 18.9 Å². The van der Waals surface area contributed by atoms with E-state index in [-0.39, 0.29) is 11.9 Å². The van der Waals surface area contributed by atoms with Gasteiger partial charge in [-0.15, -0.1) is 0 Å². The molecule has 32 heavy (non-hydrogen) atoms. The summed E-state index contributed by atoms with van der Waals surface area (Å²) in [6, 6.07) is 7.48. The summed E-state index contributed by atoms with van der Waals surface area (Å²) in [7, 11) is 2.03.